The van der Waals surface area contributed by atoms with Crippen molar-refractivity contribution in [1.29, 1.82) is 0 Å². The van der Waals surface area contributed by atoms with Gasteiger partial charge in [0.2, 0.25) is 5.91 Å². The first kappa shape index (κ1) is 20.3. The summed E-state index contributed by atoms with van der Waals surface area (Å²) in [4.78, 5) is 12.1. The standard InChI is InChI=1S/C21H32BrNO2/c1-20(2,3)15-8-9-18(17(22)13-15)25-12-6-7-19(24)23-16-10-11-21(4,5)14-16/h8-9,13,16H,6-7,10-12,14H2,1-5H3,(H,23,24). The van der Waals surface area contributed by atoms with Crippen LogP contribution in [0.4, 0.5) is 0 Å². The summed E-state index contributed by atoms with van der Waals surface area (Å²) in [6.45, 7) is 11.7. The van der Waals surface area contributed by atoms with Gasteiger partial charge < -0.3 is 10.1 Å². The Hall–Kier alpha value is -1.03. The van der Waals surface area contributed by atoms with Crippen molar-refractivity contribution in [2.75, 3.05) is 6.61 Å². The first-order chi connectivity index (χ1) is 11.6. The highest BCUT2D eigenvalue weighted by Crippen LogP contribution is 2.37. The molecule has 140 valence electrons. The minimum atomic E-state index is 0.119. The second-order valence-corrected chi connectivity index (χ2v) is 9.87. The minimum Gasteiger partial charge on any atom is -0.492 e. The zero-order chi connectivity index (χ0) is 18.7. The normalized spacial score (nSPS) is 19.7. The van der Waals surface area contributed by atoms with Gasteiger partial charge in [-0.15, -0.1) is 0 Å². The monoisotopic (exact) mass is 409 g/mol. The number of amides is 1. The van der Waals surface area contributed by atoms with Gasteiger partial charge in [0, 0.05) is 12.5 Å². The molecule has 1 aliphatic rings. The maximum atomic E-state index is 12.1. The van der Waals surface area contributed by atoms with E-state index < -0.39 is 0 Å². The van der Waals surface area contributed by atoms with Gasteiger partial charge in [-0.05, 0) is 70.1 Å². The number of benzene rings is 1. The molecule has 1 fully saturated rings. The van der Waals surface area contributed by atoms with E-state index in [1.807, 2.05) is 6.07 Å². The van der Waals surface area contributed by atoms with Crippen molar-refractivity contribution in [1.82, 2.24) is 5.32 Å². The molecule has 1 saturated carbocycles. The third-order valence-corrected chi connectivity index (χ3v) is 5.56. The van der Waals surface area contributed by atoms with Gasteiger partial charge in [-0.2, -0.15) is 0 Å². The van der Waals surface area contributed by atoms with Gasteiger partial charge in [-0.1, -0.05) is 40.7 Å². The van der Waals surface area contributed by atoms with Gasteiger partial charge in [-0.25, -0.2) is 0 Å². The summed E-state index contributed by atoms with van der Waals surface area (Å²) in [5, 5.41) is 3.16. The van der Waals surface area contributed by atoms with Gasteiger partial charge in [0.15, 0.2) is 0 Å². The summed E-state index contributed by atoms with van der Waals surface area (Å²) in [5.74, 6) is 0.986. The number of hydrogen-bond donors (Lipinski definition) is 1. The molecule has 1 N–H and O–H groups in total. The highest BCUT2D eigenvalue weighted by Gasteiger charge is 2.31. The Kier molecular flexibility index (Phi) is 6.58. The third kappa shape index (κ3) is 6.32. The average Bonchev–Trinajstić information content (AvgIpc) is 2.82. The second kappa shape index (κ2) is 8.11. The van der Waals surface area contributed by atoms with Gasteiger partial charge in [0.1, 0.15) is 5.75 Å². The molecule has 0 spiro atoms. The molecular formula is C21H32BrNO2. The summed E-state index contributed by atoms with van der Waals surface area (Å²) in [6, 6.07) is 6.58. The molecule has 1 amide bonds. The van der Waals surface area contributed by atoms with E-state index in [2.05, 4.69) is 68.0 Å². The van der Waals surface area contributed by atoms with Crippen LogP contribution >= 0.6 is 15.9 Å². The van der Waals surface area contributed by atoms with Gasteiger partial charge in [0.25, 0.3) is 0 Å². The van der Waals surface area contributed by atoms with Crippen molar-refractivity contribution in [2.24, 2.45) is 5.41 Å². The highest BCUT2D eigenvalue weighted by molar-refractivity contribution is 9.10. The van der Waals surface area contributed by atoms with Crippen LogP contribution < -0.4 is 10.1 Å². The summed E-state index contributed by atoms with van der Waals surface area (Å²) in [6.07, 6.45) is 4.63. The van der Waals surface area contributed by atoms with Gasteiger partial charge >= 0.3 is 0 Å². The molecule has 4 heteroatoms. The van der Waals surface area contributed by atoms with Gasteiger partial charge in [0.05, 0.1) is 11.1 Å². The van der Waals surface area contributed by atoms with Crippen molar-refractivity contribution >= 4 is 21.8 Å². The van der Waals surface area contributed by atoms with E-state index >= 15 is 0 Å². The van der Waals surface area contributed by atoms with E-state index in [0.717, 1.165) is 29.5 Å². The van der Waals surface area contributed by atoms with Crippen LogP contribution in [-0.4, -0.2) is 18.6 Å². The van der Waals surface area contributed by atoms with Gasteiger partial charge in [-0.3, -0.25) is 4.79 Å². The molecule has 0 aromatic heterocycles. The Morgan fingerprint density at radius 2 is 2.08 bits per heavy atom. The van der Waals surface area contributed by atoms with Crippen molar-refractivity contribution in [3.63, 3.8) is 0 Å². The highest BCUT2D eigenvalue weighted by atomic mass is 79.9. The molecule has 0 aliphatic heterocycles. The molecule has 1 atom stereocenters. The van der Waals surface area contributed by atoms with Crippen LogP contribution in [0.5, 0.6) is 5.75 Å². The van der Waals surface area contributed by atoms with Crippen LogP contribution in [0.15, 0.2) is 22.7 Å². The Morgan fingerprint density at radius 3 is 2.64 bits per heavy atom. The Bertz CT molecular complexity index is 604. The SMILES string of the molecule is CC1(C)CCC(NC(=O)CCCOc2ccc(C(C)(C)C)cc2Br)C1. The Labute approximate surface area is 161 Å². The first-order valence-corrected chi connectivity index (χ1v) is 10.1. The Balaban J connectivity index is 1.71. The lowest BCUT2D eigenvalue weighted by molar-refractivity contribution is -0.122. The maximum absolute atomic E-state index is 12.1. The zero-order valence-corrected chi connectivity index (χ0v) is 17.8. The molecule has 0 radical (unpaired) electrons. The second-order valence-electron chi connectivity index (χ2n) is 9.02. The molecule has 0 bridgehead atoms. The molecule has 3 nitrogen and oxygen atoms in total. The van der Waals surface area contributed by atoms with E-state index in [1.165, 1.54) is 12.0 Å². The molecule has 0 saturated heterocycles. The summed E-state index contributed by atoms with van der Waals surface area (Å²) < 4.78 is 6.80. The zero-order valence-electron chi connectivity index (χ0n) is 16.2. The number of rotatable bonds is 6. The molecular weight excluding hydrogens is 378 g/mol. The van der Waals surface area contributed by atoms with Crippen molar-refractivity contribution in [3.8, 4) is 5.75 Å². The fourth-order valence-corrected chi connectivity index (χ4v) is 3.85. The quantitative estimate of drug-likeness (QED) is 0.620. The number of nitrogens with one attached hydrogen (secondary N) is 1. The van der Waals surface area contributed by atoms with Crippen LogP contribution in [0.25, 0.3) is 0 Å². The van der Waals surface area contributed by atoms with E-state index in [-0.39, 0.29) is 11.3 Å². The van der Waals surface area contributed by atoms with Crippen LogP contribution in [0, 0.1) is 5.41 Å². The first-order valence-electron chi connectivity index (χ1n) is 9.29. The van der Waals surface area contributed by atoms with Crippen LogP contribution in [0.1, 0.15) is 72.3 Å². The number of ether oxygens (including phenoxy) is 1. The number of halogens is 1. The molecule has 25 heavy (non-hydrogen) atoms. The fourth-order valence-electron chi connectivity index (χ4n) is 3.36. The van der Waals surface area contributed by atoms with Crippen LogP contribution in [0.2, 0.25) is 0 Å². The molecule has 1 aromatic rings. The molecule has 1 aromatic carbocycles. The van der Waals surface area contributed by atoms with Crippen molar-refractivity contribution in [3.05, 3.63) is 28.2 Å². The van der Waals surface area contributed by atoms with Crippen LogP contribution in [-0.2, 0) is 10.2 Å². The van der Waals surface area contributed by atoms with E-state index in [4.69, 9.17) is 4.74 Å². The average molecular weight is 410 g/mol. The smallest absolute Gasteiger partial charge is 0.220 e. The summed E-state index contributed by atoms with van der Waals surface area (Å²) >= 11 is 3.59. The molecule has 1 unspecified atom stereocenters. The Morgan fingerprint density at radius 1 is 1.36 bits per heavy atom. The summed E-state index contributed by atoms with van der Waals surface area (Å²) in [5.41, 5.74) is 1.76. The number of hydrogen-bond acceptors (Lipinski definition) is 2. The largest absolute Gasteiger partial charge is 0.492 e. The number of carbonyl (C=O) groups excluding carboxylic acids is 1. The van der Waals surface area contributed by atoms with Crippen molar-refractivity contribution in [2.45, 2.75) is 78.2 Å². The minimum absolute atomic E-state index is 0.119. The van der Waals surface area contributed by atoms with Crippen LogP contribution in [0.3, 0.4) is 0 Å². The fraction of sp³-hybridized carbons (Fsp3) is 0.667. The lowest BCUT2D eigenvalue weighted by Gasteiger charge is -2.20. The van der Waals surface area contributed by atoms with Crippen molar-refractivity contribution < 1.29 is 9.53 Å². The molecule has 0 heterocycles. The topological polar surface area (TPSA) is 38.3 Å². The maximum Gasteiger partial charge on any atom is 0.220 e. The van der Waals surface area contributed by atoms with E-state index in [1.54, 1.807) is 0 Å². The van der Waals surface area contributed by atoms with E-state index in [9.17, 15) is 4.79 Å². The molecule has 2 rings (SSSR count). The lowest BCUT2D eigenvalue weighted by atomic mass is 9.87. The summed E-state index contributed by atoms with van der Waals surface area (Å²) in [7, 11) is 0. The lowest BCUT2D eigenvalue weighted by Crippen LogP contribution is -2.33. The van der Waals surface area contributed by atoms with E-state index in [0.29, 0.717) is 24.5 Å². The predicted octanol–water partition coefficient (Wildman–Crippen LogP) is 5.60. The third-order valence-electron chi connectivity index (χ3n) is 4.94. The molecule has 1 aliphatic carbocycles. The predicted molar refractivity (Wildman–Crippen MR) is 107 cm³/mol. The number of carbonyl (C=O) groups is 1.